The van der Waals surface area contributed by atoms with Gasteiger partial charge in [0.2, 0.25) is 0 Å². The summed E-state index contributed by atoms with van der Waals surface area (Å²) in [5, 5.41) is 64.7. The fraction of sp³-hybridized carbons (Fsp3) is 0.900. The van der Waals surface area contributed by atoms with Crippen molar-refractivity contribution in [3.05, 3.63) is 0 Å². The van der Waals surface area contributed by atoms with Crippen molar-refractivity contribution in [1.29, 1.82) is 0 Å². The van der Waals surface area contributed by atoms with Crippen molar-refractivity contribution >= 4 is 5.97 Å². The minimum atomic E-state index is -1.80. The van der Waals surface area contributed by atoms with Gasteiger partial charge in [0.1, 0.15) is 0 Å². The van der Waals surface area contributed by atoms with Gasteiger partial charge in [-0.05, 0) is 0 Å². The average molecular weight is 283 g/mol. The molecular formula is C10H21NO8. The Morgan fingerprint density at radius 3 is 1.16 bits per heavy atom. The predicted octanol–water partition coefficient (Wildman–Crippen LogP) is -4.20. The minimum absolute atomic E-state index is 0.802. The first-order valence-corrected chi connectivity index (χ1v) is 5.56. The second-order valence-corrected chi connectivity index (χ2v) is 4.38. The van der Waals surface area contributed by atoms with Crippen LogP contribution in [0.3, 0.4) is 0 Å². The summed E-state index contributed by atoms with van der Waals surface area (Å²) in [6.07, 6.45) is 0. The number of carboxylic acid groups (broad SMARTS) is 1. The predicted molar refractivity (Wildman–Crippen MR) is 62.3 cm³/mol. The summed E-state index contributed by atoms with van der Waals surface area (Å²) < 4.78 is 0. The monoisotopic (exact) mass is 283 g/mol. The van der Waals surface area contributed by atoms with Gasteiger partial charge in [-0.1, -0.05) is 0 Å². The Morgan fingerprint density at radius 2 is 1.00 bits per heavy atom. The van der Waals surface area contributed by atoms with Crippen LogP contribution in [0.15, 0.2) is 0 Å². The van der Waals surface area contributed by atoms with Gasteiger partial charge in [0.25, 0.3) is 0 Å². The summed E-state index contributed by atoms with van der Waals surface area (Å²) in [5.74, 6) is -1.38. The van der Waals surface area contributed by atoms with Crippen molar-refractivity contribution in [2.75, 3.05) is 46.2 Å². The maximum absolute atomic E-state index is 10.9. The number of carbonyl (C=O) groups is 1. The number of hydrogen-bond acceptors (Lipinski definition) is 8. The molecule has 0 atom stereocenters. The van der Waals surface area contributed by atoms with Gasteiger partial charge in [-0.25, -0.2) is 0 Å². The van der Waals surface area contributed by atoms with E-state index in [0.29, 0.717) is 0 Å². The second-order valence-electron chi connectivity index (χ2n) is 4.38. The Morgan fingerprint density at radius 1 is 0.737 bits per heavy atom. The molecule has 0 aromatic rings. The van der Waals surface area contributed by atoms with Crippen molar-refractivity contribution in [2.45, 2.75) is 11.1 Å². The molecule has 9 nitrogen and oxygen atoms in total. The smallest absolute Gasteiger partial charge is 0.317 e. The van der Waals surface area contributed by atoms with Crippen LogP contribution in [0, 0.1) is 0 Å². The van der Waals surface area contributed by atoms with Crippen molar-refractivity contribution in [1.82, 2.24) is 4.90 Å². The Hall–Kier alpha value is -0.810. The van der Waals surface area contributed by atoms with E-state index in [4.69, 9.17) is 5.11 Å². The van der Waals surface area contributed by atoms with Crippen molar-refractivity contribution < 1.29 is 40.5 Å². The van der Waals surface area contributed by atoms with Crippen molar-refractivity contribution in [2.24, 2.45) is 0 Å². The SMILES string of the molecule is O=C(O)CN(C(CO)(CO)CO)C(CO)(CO)CO. The van der Waals surface area contributed by atoms with Gasteiger partial charge in [0.05, 0.1) is 57.3 Å². The summed E-state index contributed by atoms with van der Waals surface area (Å²) in [5.41, 5.74) is -3.60. The number of hydrogen-bond donors (Lipinski definition) is 7. The van der Waals surface area contributed by atoms with E-state index in [1.807, 2.05) is 0 Å². The highest BCUT2D eigenvalue weighted by Crippen LogP contribution is 2.25. The topological polar surface area (TPSA) is 162 Å². The largest absolute Gasteiger partial charge is 0.480 e. The Labute approximate surface area is 110 Å². The molecule has 0 saturated heterocycles. The fourth-order valence-corrected chi connectivity index (χ4v) is 1.79. The normalized spacial score (nSPS) is 13.0. The highest BCUT2D eigenvalue weighted by atomic mass is 16.4. The zero-order valence-corrected chi connectivity index (χ0v) is 10.4. The molecule has 0 aliphatic rings. The van der Waals surface area contributed by atoms with Crippen LogP contribution in [-0.4, -0.2) is 104 Å². The highest BCUT2D eigenvalue weighted by molar-refractivity contribution is 5.69. The molecule has 0 aliphatic carbocycles. The van der Waals surface area contributed by atoms with Crippen molar-refractivity contribution in [3.63, 3.8) is 0 Å². The third-order valence-corrected chi connectivity index (χ3v) is 3.20. The summed E-state index contributed by atoms with van der Waals surface area (Å²) in [6, 6.07) is 0. The lowest BCUT2D eigenvalue weighted by Gasteiger charge is -2.49. The molecule has 0 heterocycles. The van der Waals surface area contributed by atoms with E-state index in [2.05, 4.69) is 0 Å². The summed E-state index contributed by atoms with van der Waals surface area (Å²) in [7, 11) is 0. The average Bonchev–Trinajstić information content (AvgIpc) is 2.43. The lowest BCUT2D eigenvalue weighted by Crippen LogP contribution is -2.71. The number of carboxylic acids is 1. The van der Waals surface area contributed by atoms with Crippen LogP contribution in [0.1, 0.15) is 0 Å². The van der Waals surface area contributed by atoms with Crippen LogP contribution in [0.4, 0.5) is 0 Å². The minimum Gasteiger partial charge on any atom is -0.480 e. The van der Waals surface area contributed by atoms with Gasteiger partial charge in [-0.2, -0.15) is 0 Å². The molecule has 19 heavy (non-hydrogen) atoms. The Bertz CT molecular complexity index is 240. The van der Waals surface area contributed by atoms with Crippen LogP contribution < -0.4 is 0 Å². The highest BCUT2D eigenvalue weighted by Gasteiger charge is 2.48. The molecule has 0 rings (SSSR count). The Kier molecular flexibility index (Phi) is 7.37. The molecule has 7 N–H and O–H groups in total. The first-order chi connectivity index (χ1) is 8.91. The third-order valence-electron chi connectivity index (χ3n) is 3.20. The van der Waals surface area contributed by atoms with Crippen LogP contribution >= 0.6 is 0 Å². The van der Waals surface area contributed by atoms with Crippen LogP contribution in [0.5, 0.6) is 0 Å². The first-order valence-electron chi connectivity index (χ1n) is 5.56. The molecule has 0 bridgehead atoms. The van der Waals surface area contributed by atoms with Crippen LogP contribution in [0.25, 0.3) is 0 Å². The lowest BCUT2D eigenvalue weighted by atomic mass is 9.90. The standard InChI is InChI=1S/C10H21NO8/c12-2-9(3-13,4-14)11(1-8(18)19)10(5-15,6-16)7-17/h12-17H,1-7H2,(H,18,19). The molecule has 114 valence electrons. The second kappa shape index (κ2) is 7.70. The zero-order chi connectivity index (χ0) is 15.1. The number of aliphatic carboxylic acids is 1. The molecular weight excluding hydrogens is 262 g/mol. The summed E-state index contributed by atoms with van der Waals surface area (Å²) >= 11 is 0. The Balaban J connectivity index is 5.69. The molecule has 0 aromatic carbocycles. The van der Waals surface area contributed by atoms with E-state index in [9.17, 15) is 35.4 Å². The molecule has 0 aliphatic heterocycles. The van der Waals surface area contributed by atoms with E-state index in [1.165, 1.54) is 0 Å². The van der Waals surface area contributed by atoms with Crippen LogP contribution in [-0.2, 0) is 4.79 Å². The number of rotatable bonds is 10. The number of aliphatic hydroxyl groups excluding tert-OH is 6. The lowest BCUT2D eigenvalue weighted by molar-refractivity contribution is -0.164. The fourth-order valence-electron chi connectivity index (χ4n) is 1.79. The van der Waals surface area contributed by atoms with Gasteiger partial charge in [0, 0.05) is 0 Å². The van der Waals surface area contributed by atoms with Gasteiger partial charge >= 0.3 is 5.97 Å². The first kappa shape index (κ1) is 18.2. The third kappa shape index (κ3) is 3.60. The van der Waals surface area contributed by atoms with E-state index in [1.54, 1.807) is 0 Å². The molecule has 0 fully saturated rings. The van der Waals surface area contributed by atoms with Gasteiger partial charge in [0.15, 0.2) is 0 Å². The summed E-state index contributed by atoms with van der Waals surface area (Å²) in [4.78, 5) is 11.7. The maximum atomic E-state index is 10.9. The molecule has 0 unspecified atom stereocenters. The molecule has 9 heteroatoms. The van der Waals surface area contributed by atoms with Crippen molar-refractivity contribution in [3.8, 4) is 0 Å². The van der Waals surface area contributed by atoms with E-state index >= 15 is 0 Å². The van der Waals surface area contributed by atoms with Crippen LogP contribution in [0.2, 0.25) is 0 Å². The van der Waals surface area contributed by atoms with Gasteiger partial charge in [-0.3, -0.25) is 9.69 Å². The molecule has 0 amide bonds. The van der Waals surface area contributed by atoms with E-state index in [-0.39, 0.29) is 0 Å². The van der Waals surface area contributed by atoms with Gasteiger partial charge in [-0.15, -0.1) is 0 Å². The van der Waals surface area contributed by atoms with E-state index < -0.39 is 63.2 Å². The number of nitrogens with zero attached hydrogens (tertiary/aromatic N) is 1. The summed E-state index contributed by atoms with van der Waals surface area (Å²) in [6.45, 7) is -5.75. The quantitative estimate of drug-likeness (QED) is 0.211. The van der Waals surface area contributed by atoms with E-state index in [0.717, 1.165) is 4.90 Å². The molecule has 0 spiro atoms. The van der Waals surface area contributed by atoms with Gasteiger partial charge < -0.3 is 35.7 Å². The molecule has 0 aromatic heterocycles. The molecule has 0 saturated carbocycles. The number of aliphatic hydroxyl groups is 6. The zero-order valence-electron chi connectivity index (χ0n) is 10.4. The molecule has 0 radical (unpaired) electrons. The maximum Gasteiger partial charge on any atom is 0.317 e.